The fourth-order valence-electron chi connectivity index (χ4n) is 2.54. The highest BCUT2D eigenvalue weighted by molar-refractivity contribution is 5.58. The maximum Gasteiger partial charge on any atom is 0.142 e. The van der Waals surface area contributed by atoms with Crippen molar-refractivity contribution >= 4 is 5.69 Å². The molecule has 5 nitrogen and oxygen atoms in total. The van der Waals surface area contributed by atoms with Crippen LogP contribution in [0.1, 0.15) is 6.92 Å². The molecule has 0 saturated carbocycles. The number of aliphatic hydroxyl groups is 1. The number of β-amino-alcohol motifs (C(OH)–C–C–N with tert-alkyl or cyclic N) is 1. The molecule has 1 aliphatic heterocycles. The molecule has 0 amide bonds. The van der Waals surface area contributed by atoms with Gasteiger partial charge in [-0.05, 0) is 19.1 Å². The molecule has 112 valence electrons. The van der Waals surface area contributed by atoms with E-state index in [4.69, 9.17) is 10.5 Å². The van der Waals surface area contributed by atoms with Crippen molar-refractivity contribution in [3.8, 4) is 5.75 Å². The summed E-state index contributed by atoms with van der Waals surface area (Å²) in [4.78, 5) is 4.60. The molecule has 1 aromatic rings. The lowest BCUT2D eigenvalue weighted by atomic mass is 10.2. The molecule has 20 heavy (non-hydrogen) atoms. The standard InChI is InChI=1S/C15H25N3O2/c1-2-20-15-6-4-3-5-14(15)18-9-7-17(8-10-18)12-13(19)11-16/h3-6,13,19H,2,7-12,16H2,1H3/t13-/m1/s1. The number of ether oxygens (including phenoxy) is 1. The van der Waals surface area contributed by atoms with E-state index >= 15 is 0 Å². The van der Waals surface area contributed by atoms with Gasteiger partial charge in [0.1, 0.15) is 5.75 Å². The molecule has 0 spiro atoms. The van der Waals surface area contributed by atoms with Crippen molar-refractivity contribution < 1.29 is 9.84 Å². The number of aliphatic hydroxyl groups excluding tert-OH is 1. The van der Waals surface area contributed by atoms with Gasteiger partial charge in [0.25, 0.3) is 0 Å². The van der Waals surface area contributed by atoms with E-state index in [1.54, 1.807) is 0 Å². The minimum atomic E-state index is -0.419. The molecule has 0 radical (unpaired) electrons. The molecule has 5 heteroatoms. The van der Waals surface area contributed by atoms with Crippen molar-refractivity contribution in [1.82, 2.24) is 4.90 Å². The Labute approximate surface area is 120 Å². The van der Waals surface area contributed by atoms with Crippen molar-refractivity contribution in [2.45, 2.75) is 13.0 Å². The summed E-state index contributed by atoms with van der Waals surface area (Å²) in [6, 6.07) is 8.17. The number of anilines is 1. The molecular weight excluding hydrogens is 254 g/mol. The second-order valence-corrected chi connectivity index (χ2v) is 5.08. The van der Waals surface area contributed by atoms with Crippen LogP contribution in [0.2, 0.25) is 0 Å². The number of nitrogens with two attached hydrogens (primary N) is 1. The van der Waals surface area contributed by atoms with Crippen molar-refractivity contribution in [1.29, 1.82) is 0 Å². The van der Waals surface area contributed by atoms with Gasteiger partial charge < -0.3 is 20.5 Å². The van der Waals surface area contributed by atoms with E-state index in [1.165, 1.54) is 0 Å². The first-order chi connectivity index (χ1) is 9.74. The highest BCUT2D eigenvalue weighted by Crippen LogP contribution is 2.28. The highest BCUT2D eigenvalue weighted by Gasteiger charge is 2.20. The van der Waals surface area contributed by atoms with Crippen molar-refractivity contribution in [3.05, 3.63) is 24.3 Å². The Kier molecular flexibility index (Phi) is 5.64. The maximum atomic E-state index is 9.61. The first-order valence-electron chi connectivity index (χ1n) is 7.31. The van der Waals surface area contributed by atoms with Crippen LogP contribution in [0.5, 0.6) is 5.75 Å². The van der Waals surface area contributed by atoms with Gasteiger partial charge >= 0.3 is 0 Å². The van der Waals surface area contributed by atoms with Gasteiger partial charge in [0.15, 0.2) is 0 Å². The number of hydrogen-bond acceptors (Lipinski definition) is 5. The predicted octanol–water partition coefficient (Wildman–Crippen LogP) is 0.527. The second-order valence-electron chi connectivity index (χ2n) is 5.08. The molecular formula is C15H25N3O2. The van der Waals surface area contributed by atoms with E-state index < -0.39 is 6.10 Å². The summed E-state index contributed by atoms with van der Waals surface area (Å²) in [7, 11) is 0. The smallest absolute Gasteiger partial charge is 0.142 e. The zero-order valence-corrected chi connectivity index (χ0v) is 12.2. The summed E-state index contributed by atoms with van der Waals surface area (Å²) in [5.41, 5.74) is 6.62. The Morgan fingerprint density at radius 2 is 1.95 bits per heavy atom. The van der Waals surface area contributed by atoms with Crippen LogP contribution < -0.4 is 15.4 Å². The van der Waals surface area contributed by atoms with E-state index in [1.807, 2.05) is 25.1 Å². The van der Waals surface area contributed by atoms with Gasteiger partial charge in [-0.2, -0.15) is 0 Å². The first-order valence-corrected chi connectivity index (χ1v) is 7.31. The Morgan fingerprint density at radius 1 is 1.25 bits per heavy atom. The SMILES string of the molecule is CCOc1ccccc1N1CCN(C[C@H](O)CN)CC1. The molecule has 2 rings (SSSR count). The van der Waals surface area contributed by atoms with Gasteiger partial charge in [0.2, 0.25) is 0 Å². The fourth-order valence-corrected chi connectivity index (χ4v) is 2.54. The lowest BCUT2D eigenvalue weighted by Crippen LogP contribution is -2.49. The fraction of sp³-hybridized carbons (Fsp3) is 0.600. The molecule has 1 aromatic carbocycles. The lowest BCUT2D eigenvalue weighted by molar-refractivity contribution is 0.115. The molecule has 3 N–H and O–H groups in total. The zero-order chi connectivity index (χ0) is 14.4. The van der Waals surface area contributed by atoms with E-state index in [0.717, 1.165) is 37.6 Å². The summed E-state index contributed by atoms with van der Waals surface area (Å²) < 4.78 is 5.69. The Morgan fingerprint density at radius 3 is 2.60 bits per heavy atom. The lowest BCUT2D eigenvalue weighted by Gasteiger charge is -2.37. The van der Waals surface area contributed by atoms with Gasteiger partial charge in [0, 0.05) is 39.3 Å². The van der Waals surface area contributed by atoms with Gasteiger partial charge in [0.05, 0.1) is 18.4 Å². The maximum absolute atomic E-state index is 9.61. The van der Waals surface area contributed by atoms with E-state index in [9.17, 15) is 5.11 Å². The minimum absolute atomic E-state index is 0.327. The molecule has 0 aliphatic carbocycles. The number of para-hydroxylation sites is 2. The Hall–Kier alpha value is -1.30. The third-order valence-electron chi connectivity index (χ3n) is 3.62. The van der Waals surface area contributed by atoms with Gasteiger partial charge in [-0.1, -0.05) is 12.1 Å². The summed E-state index contributed by atoms with van der Waals surface area (Å²) in [5, 5.41) is 9.61. The quantitative estimate of drug-likeness (QED) is 0.795. The third kappa shape index (κ3) is 3.85. The van der Waals surface area contributed by atoms with Crippen LogP contribution in [0.15, 0.2) is 24.3 Å². The minimum Gasteiger partial charge on any atom is -0.492 e. The molecule has 1 heterocycles. The molecule has 0 unspecified atom stereocenters. The van der Waals surface area contributed by atoms with Gasteiger partial charge in [-0.3, -0.25) is 4.90 Å². The number of piperazine rings is 1. The molecule has 1 saturated heterocycles. The topological polar surface area (TPSA) is 62.0 Å². The second kappa shape index (κ2) is 7.47. The summed E-state index contributed by atoms with van der Waals surface area (Å²) in [5.74, 6) is 0.949. The third-order valence-corrected chi connectivity index (χ3v) is 3.62. The highest BCUT2D eigenvalue weighted by atomic mass is 16.5. The zero-order valence-electron chi connectivity index (χ0n) is 12.2. The van der Waals surface area contributed by atoms with Crippen LogP contribution in [-0.2, 0) is 0 Å². The summed E-state index contributed by atoms with van der Waals surface area (Å²) in [6.45, 7) is 7.45. The van der Waals surface area contributed by atoms with E-state index in [0.29, 0.717) is 19.7 Å². The van der Waals surface area contributed by atoms with Crippen LogP contribution in [0.25, 0.3) is 0 Å². The number of nitrogens with zero attached hydrogens (tertiary/aromatic N) is 2. The predicted molar refractivity (Wildman–Crippen MR) is 81.3 cm³/mol. The molecule has 1 aliphatic rings. The number of hydrogen-bond donors (Lipinski definition) is 2. The average Bonchev–Trinajstić information content (AvgIpc) is 2.49. The normalized spacial score (nSPS) is 18.1. The monoisotopic (exact) mass is 279 g/mol. The van der Waals surface area contributed by atoms with E-state index in [2.05, 4.69) is 15.9 Å². The average molecular weight is 279 g/mol. The molecule has 1 fully saturated rings. The van der Waals surface area contributed by atoms with Crippen LogP contribution >= 0.6 is 0 Å². The van der Waals surface area contributed by atoms with Crippen molar-refractivity contribution in [3.63, 3.8) is 0 Å². The van der Waals surface area contributed by atoms with Crippen molar-refractivity contribution in [2.75, 3.05) is 50.8 Å². The summed E-state index contributed by atoms with van der Waals surface area (Å²) >= 11 is 0. The Balaban J connectivity index is 1.93. The molecule has 1 atom stereocenters. The Bertz CT molecular complexity index is 406. The number of rotatable bonds is 6. The van der Waals surface area contributed by atoms with Crippen LogP contribution in [-0.4, -0.2) is 62.0 Å². The summed E-state index contributed by atoms with van der Waals surface area (Å²) in [6.07, 6.45) is -0.419. The van der Waals surface area contributed by atoms with Crippen molar-refractivity contribution in [2.24, 2.45) is 5.73 Å². The number of benzene rings is 1. The van der Waals surface area contributed by atoms with Crippen LogP contribution in [0.3, 0.4) is 0 Å². The van der Waals surface area contributed by atoms with Crippen LogP contribution in [0, 0.1) is 0 Å². The molecule has 0 bridgehead atoms. The van der Waals surface area contributed by atoms with E-state index in [-0.39, 0.29) is 0 Å². The first kappa shape index (κ1) is 15.1. The largest absolute Gasteiger partial charge is 0.492 e. The van der Waals surface area contributed by atoms with Gasteiger partial charge in [-0.25, -0.2) is 0 Å². The molecule has 0 aromatic heterocycles. The van der Waals surface area contributed by atoms with Gasteiger partial charge in [-0.15, -0.1) is 0 Å². The van der Waals surface area contributed by atoms with Crippen LogP contribution in [0.4, 0.5) is 5.69 Å².